The smallest absolute Gasteiger partial charge is 0.435 e. The summed E-state index contributed by atoms with van der Waals surface area (Å²) in [5, 5.41) is 6.90. The van der Waals surface area contributed by atoms with Gasteiger partial charge in [0, 0.05) is 13.6 Å². The van der Waals surface area contributed by atoms with Crippen molar-refractivity contribution < 1.29 is 27.1 Å². The Kier molecular flexibility index (Phi) is 6.04. The van der Waals surface area contributed by atoms with Crippen molar-refractivity contribution in [1.29, 1.82) is 0 Å². The standard InChI is InChI=1S/C20H18F4N4O2/c1-3-30-16-9-7-13(8-10-16)12-27(2)19(29)17-18(20(22,23)24)28(26-25-17)15-6-4-5-14(21)11-15/h4-11H,3,12H2,1-2H3. The van der Waals surface area contributed by atoms with Crippen molar-refractivity contribution in [3.8, 4) is 11.4 Å². The lowest BCUT2D eigenvalue weighted by atomic mass is 10.2. The summed E-state index contributed by atoms with van der Waals surface area (Å²) in [7, 11) is 1.36. The fourth-order valence-electron chi connectivity index (χ4n) is 2.85. The summed E-state index contributed by atoms with van der Waals surface area (Å²) in [5.41, 5.74) is -1.72. The molecule has 3 aromatic rings. The SMILES string of the molecule is CCOc1ccc(CN(C)C(=O)c2nnn(-c3cccc(F)c3)c2C(F)(F)F)cc1. The summed E-state index contributed by atoms with van der Waals surface area (Å²) in [4.78, 5) is 13.8. The van der Waals surface area contributed by atoms with Crippen LogP contribution in [0.5, 0.6) is 5.75 Å². The second-order valence-electron chi connectivity index (χ2n) is 6.41. The van der Waals surface area contributed by atoms with Crippen LogP contribution in [0, 0.1) is 5.82 Å². The van der Waals surface area contributed by atoms with E-state index in [4.69, 9.17) is 4.74 Å². The van der Waals surface area contributed by atoms with E-state index in [-0.39, 0.29) is 12.2 Å². The van der Waals surface area contributed by atoms with Crippen LogP contribution >= 0.6 is 0 Å². The Hall–Kier alpha value is -3.43. The highest BCUT2D eigenvalue weighted by Gasteiger charge is 2.42. The number of halogens is 4. The number of benzene rings is 2. The molecule has 158 valence electrons. The number of ether oxygens (including phenoxy) is 1. The van der Waals surface area contributed by atoms with Crippen molar-refractivity contribution in [3.05, 3.63) is 71.3 Å². The maximum atomic E-state index is 13.7. The Morgan fingerprint density at radius 3 is 2.47 bits per heavy atom. The first kappa shape index (κ1) is 21.3. The van der Waals surface area contributed by atoms with Gasteiger partial charge in [0.05, 0.1) is 12.3 Å². The van der Waals surface area contributed by atoms with Gasteiger partial charge in [-0.15, -0.1) is 5.10 Å². The summed E-state index contributed by atoms with van der Waals surface area (Å²) >= 11 is 0. The van der Waals surface area contributed by atoms with E-state index in [9.17, 15) is 22.4 Å². The van der Waals surface area contributed by atoms with Gasteiger partial charge in [-0.05, 0) is 42.8 Å². The van der Waals surface area contributed by atoms with Crippen molar-refractivity contribution in [2.24, 2.45) is 0 Å². The summed E-state index contributed by atoms with van der Waals surface area (Å²) in [5.74, 6) is -1.05. The fourth-order valence-corrected chi connectivity index (χ4v) is 2.85. The molecule has 0 bridgehead atoms. The Morgan fingerprint density at radius 2 is 1.87 bits per heavy atom. The van der Waals surface area contributed by atoms with Crippen LogP contribution in [0.3, 0.4) is 0 Å². The molecule has 0 N–H and O–H groups in total. The Balaban J connectivity index is 1.89. The van der Waals surface area contributed by atoms with Gasteiger partial charge in [-0.2, -0.15) is 13.2 Å². The lowest BCUT2D eigenvalue weighted by Gasteiger charge is -2.18. The van der Waals surface area contributed by atoms with E-state index in [2.05, 4.69) is 10.3 Å². The van der Waals surface area contributed by atoms with Crippen molar-refractivity contribution in [2.45, 2.75) is 19.6 Å². The van der Waals surface area contributed by atoms with Crippen LogP contribution in [0.25, 0.3) is 5.69 Å². The molecule has 2 aromatic carbocycles. The van der Waals surface area contributed by atoms with Crippen molar-refractivity contribution in [2.75, 3.05) is 13.7 Å². The van der Waals surface area contributed by atoms with Gasteiger partial charge >= 0.3 is 6.18 Å². The van der Waals surface area contributed by atoms with E-state index < -0.39 is 29.3 Å². The second-order valence-corrected chi connectivity index (χ2v) is 6.41. The van der Waals surface area contributed by atoms with Crippen molar-refractivity contribution in [1.82, 2.24) is 19.9 Å². The van der Waals surface area contributed by atoms with E-state index in [1.165, 1.54) is 19.2 Å². The highest BCUT2D eigenvalue weighted by molar-refractivity contribution is 5.93. The van der Waals surface area contributed by atoms with Gasteiger partial charge in [0.25, 0.3) is 5.91 Å². The Bertz CT molecular complexity index is 1030. The molecule has 1 aromatic heterocycles. The van der Waals surface area contributed by atoms with E-state index in [1.54, 1.807) is 24.3 Å². The molecular formula is C20H18F4N4O2. The third-order valence-corrected chi connectivity index (χ3v) is 4.19. The van der Waals surface area contributed by atoms with Crippen LogP contribution in [0.15, 0.2) is 48.5 Å². The molecule has 0 saturated heterocycles. The van der Waals surface area contributed by atoms with E-state index in [0.29, 0.717) is 22.6 Å². The lowest BCUT2D eigenvalue weighted by Crippen LogP contribution is -2.29. The molecule has 1 amide bonds. The van der Waals surface area contributed by atoms with Crippen LogP contribution in [0.4, 0.5) is 17.6 Å². The van der Waals surface area contributed by atoms with Crippen LogP contribution < -0.4 is 4.74 Å². The number of carbonyl (C=O) groups excluding carboxylic acids is 1. The molecule has 0 aliphatic carbocycles. The maximum Gasteiger partial charge on any atom is 0.435 e. The quantitative estimate of drug-likeness (QED) is 0.562. The maximum absolute atomic E-state index is 13.7. The molecule has 0 aliphatic rings. The first-order valence-electron chi connectivity index (χ1n) is 8.96. The number of rotatable bonds is 6. The summed E-state index contributed by atoms with van der Waals surface area (Å²) < 4.78 is 60.4. The predicted molar refractivity (Wildman–Crippen MR) is 99.7 cm³/mol. The summed E-state index contributed by atoms with van der Waals surface area (Å²) in [6, 6.07) is 11.3. The topological polar surface area (TPSA) is 60.2 Å². The van der Waals surface area contributed by atoms with Gasteiger partial charge < -0.3 is 9.64 Å². The average molecular weight is 422 g/mol. The number of hydrogen-bond acceptors (Lipinski definition) is 4. The van der Waals surface area contributed by atoms with E-state index in [1.807, 2.05) is 6.92 Å². The second kappa shape index (κ2) is 8.52. The lowest BCUT2D eigenvalue weighted by molar-refractivity contribution is -0.143. The van der Waals surface area contributed by atoms with E-state index >= 15 is 0 Å². The molecule has 1 heterocycles. The van der Waals surface area contributed by atoms with Gasteiger partial charge in [-0.3, -0.25) is 4.79 Å². The van der Waals surface area contributed by atoms with Crippen LogP contribution in [-0.2, 0) is 12.7 Å². The first-order chi connectivity index (χ1) is 14.2. The van der Waals surface area contributed by atoms with Crippen LogP contribution in [-0.4, -0.2) is 39.5 Å². The molecule has 0 atom stereocenters. The number of amides is 1. The molecule has 0 unspecified atom stereocenters. The molecule has 10 heteroatoms. The van der Waals surface area contributed by atoms with Crippen molar-refractivity contribution in [3.63, 3.8) is 0 Å². The number of nitrogens with zero attached hydrogens (tertiary/aromatic N) is 4. The average Bonchev–Trinajstić information content (AvgIpc) is 3.15. The monoisotopic (exact) mass is 422 g/mol. The highest BCUT2D eigenvalue weighted by atomic mass is 19.4. The number of alkyl halides is 3. The largest absolute Gasteiger partial charge is 0.494 e. The summed E-state index contributed by atoms with van der Waals surface area (Å²) in [6.45, 7) is 2.39. The Morgan fingerprint density at radius 1 is 1.17 bits per heavy atom. The molecule has 0 fully saturated rings. The number of hydrogen-bond donors (Lipinski definition) is 0. The molecule has 0 spiro atoms. The van der Waals surface area contributed by atoms with Crippen LogP contribution in [0.2, 0.25) is 0 Å². The van der Waals surface area contributed by atoms with Gasteiger partial charge in [0.1, 0.15) is 11.6 Å². The number of aromatic nitrogens is 3. The highest BCUT2D eigenvalue weighted by Crippen LogP contribution is 2.33. The molecule has 30 heavy (non-hydrogen) atoms. The third kappa shape index (κ3) is 4.58. The molecule has 0 aliphatic heterocycles. The predicted octanol–water partition coefficient (Wildman–Crippen LogP) is 4.10. The zero-order valence-corrected chi connectivity index (χ0v) is 16.2. The molecule has 3 rings (SSSR count). The van der Waals surface area contributed by atoms with Gasteiger partial charge in [-0.25, -0.2) is 9.07 Å². The van der Waals surface area contributed by atoms with Gasteiger partial charge in [0.15, 0.2) is 11.4 Å². The third-order valence-electron chi connectivity index (χ3n) is 4.19. The van der Waals surface area contributed by atoms with Crippen molar-refractivity contribution >= 4 is 5.91 Å². The zero-order chi connectivity index (χ0) is 21.9. The van der Waals surface area contributed by atoms with E-state index in [0.717, 1.165) is 17.0 Å². The van der Waals surface area contributed by atoms with Gasteiger partial charge in [-0.1, -0.05) is 23.4 Å². The molecule has 6 nitrogen and oxygen atoms in total. The normalized spacial score (nSPS) is 11.4. The molecule has 0 saturated carbocycles. The first-order valence-corrected chi connectivity index (χ1v) is 8.96. The minimum atomic E-state index is -4.93. The number of carbonyl (C=O) groups is 1. The molecular weight excluding hydrogens is 404 g/mol. The minimum absolute atomic E-state index is 0.0510. The molecule has 0 radical (unpaired) electrons. The minimum Gasteiger partial charge on any atom is -0.494 e. The fraction of sp³-hybridized carbons (Fsp3) is 0.250. The zero-order valence-electron chi connectivity index (χ0n) is 16.2. The van der Waals surface area contributed by atoms with Gasteiger partial charge in [0.2, 0.25) is 0 Å². The Labute approximate surface area is 169 Å². The van der Waals surface area contributed by atoms with Crippen LogP contribution in [0.1, 0.15) is 28.7 Å². The summed E-state index contributed by atoms with van der Waals surface area (Å²) in [6.07, 6.45) is -4.93.